The first-order chi connectivity index (χ1) is 9.63. The molecule has 0 radical (unpaired) electrons. The topological polar surface area (TPSA) is 68.3 Å². The standard InChI is InChI=1S/C15H11ClN2O2/c16-11-6-5-10(8-12(11)17)18-15(19)14-7-9-3-1-2-4-13(9)20-14/h1-8H,17H2,(H,18,19). The number of rotatable bonds is 2. The van der Waals surface area contributed by atoms with Crippen LogP contribution in [0, 0.1) is 0 Å². The van der Waals surface area contributed by atoms with Crippen molar-refractivity contribution in [1.29, 1.82) is 0 Å². The monoisotopic (exact) mass is 286 g/mol. The molecule has 0 aliphatic heterocycles. The van der Waals surface area contributed by atoms with E-state index in [9.17, 15) is 4.79 Å². The van der Waals surface area contributed by atoms with Crippen LogP contribution in [-0.4, -0.2) is 5.91 Å². The van der Waals surface area contributed by atoms with Gasteiger partial charge in [0.1, 0.15) is 5.58 Å². The molecule has 4 nitrogen and oxygen atoms in total. The summed E-state index contributed by atoms with van der Waals surface area (Å²) >= 11 is 5.83. The fraction of sp³-hybridized carbons (Fsp3) is 0. The lowest BCUT2D eigenvalue weighted by atomic mass is 10.2. The van der Waals surface area contributed by atoms with E-state index in [0.717, 1.165) is 5.39 Å². The molecule has 0 bridgehead atoms. The number of fused-ring (bicyclic) bond motifs is 1. The average Bonchev–Trinajstić information content (AvgIpc) is 2.87. The van der Waals surface area contributed by atoms with Crippen molar-refractivity contribution in [3.05, 3.63) is 59.3 Å². The number of hydrogen-bond acceptors (Lipinski definition) is 3. The zero-order valence-electron chi connectivity index (χ0n) is 10.4. The smallest absolute Gasteiger partial charge is 0.291 e. The van der Waals surface area contributed by atoms with Gasteiger partial charge in [0, 0.05) is 11.1 Å². The van der Waals surface area contributed by atoms with Crippen molar-refractivity contribution in [3.8, 4) is 0 Å². The van der Waals surface area contributed by atoms with E-state index in [0.29, 0.717) is 22.0 Å². The van der Waals surface area contributed by atoms with Crippen LogP contribution in [0.3, 0.4) is 0 Å². The van der Waals surface area contributed by atoms with Gasteiger partial charge in [-0.05, 0) is 30.3 Å². The first kappa shape index (κ1) is 12.6. The molecule has 100 valence electrons. The maximum absolute atomic E-state index is 12.1. The normalized spacial score (nSPS) is 10.7. The summed E-state index contributed by atoms with van der Waals surface area (Å²) in [7, 11) is 0. The molecule has 0 fully saturated rings. The van der Waals surface area contributed by atoms with Gasteiger partial charge in [-0.2, -0.15) is 0 Å². The number of nitrogen functional groups attached to an aromatic ring is 1. The highest BCUT2D eigenvalue weighted by Crippen LogP contribution is 2.24. The Balaban J connectivity index is 1.86. The zero-order valence-corrected chi connectivity index (χ0v) is 11.1. The Bertz CT molecular complexity index is 762. The molecule has 0 aliphatic rings. The summed E-state index contributed by atoms with van der Waals surface area (Å²) in [5.41, 5.74) is 7.34. The summed E-state index contributed by atoms with van der Waals surface area (Å²) in [6.07, 6.45) is 0. The molecule has 0 saturated carbocycles. The Labute approximate surface area is 120 Å². The number of anilines is 2. The van der Waals surface area contributed by atoms with E-state index in [1.807, 2.05) is 24.3 Å². The van der Waals surface area contributed by atoms with Gasteiger partial charge in [-0.1, -0.05) is 29.8 Å². The van der Waals surface area contributed by atoms with Gasteiger partial charge < -0.3 is 15.5 Å². The van der Waals surface area contributed by atoms with Gasteiger partial charge in [0.2, 0.25) is 0 Å². The van der Waals surface area contributed by atoms with E-state index in [2.05, 4.69) is 5.32 Å². The Morgan fingerprint density at radius 3 is 2.70 bits per heavy atom. The van der Waals surface area contributed by atoms with Crippen LogP contribution in [0.5, 0.6) is 0 Å². The number of amides is 1. The van der Waals surface area contributed by atoms with Crippen LogP contribution in [0.2, 0.25) is 5.02 Å². The van der Waals surface area contributed by atoms with Crippen molar-refractivity contribution in [1.82, 2.24) is 0 Å². The lowest BCUT2D eigenvalue weighted by molar-refractivity contribution is 0.0998. The van der Waals surface area contributed by atoms with Crippen molar-refractivity contribution in [2.24, 2.45) is 0 Å². The van der Waals surface area contributed by atoms with Crippen LogP contribution in [0.4, 0.5) is 11.4 Å². The largest absolute Gasteiger partial charge is 0.451 e. The quantitative estimate of drug-likeness (QED) is 0.702. The number of halogens is 1. The Kier molecular flexibility index (Phi) is 3.08. The SMILES string of the molecule is Nc1cc(NC(=O)c2cc3ccccc3o2)ccc1Cl. The number of furan rings is 1. The summed E-state index contributed by atoms with van der Waals surface area (Å²) in [5.74, 6) is -0.0809. The zero-order chi connectivity index (χ0) is 14.1. The number of nitrogens with two attached hydrogens (primary N) is 1. The first-order valence-electron chi connectivity index (χ1n) is 5.98. The van der Waals surface area contributed by atoms with E-state index in [-0.39, 0.29) is 11.7 Å². The maximum atomic E-state index is 12.1. The molecular weight excluding hydrogens is 276 g/mol. The predicted octanol–water partition coefficient (Wildman–Crippen LogP) is 3.92. The van der Waals surface area contributed by atoms with Gasteiger partial charge in [0.05, 0.1) is 10.7 Å². The second-order valence-electron chi connectivity index (χ2n) is 4.34. The lowest BCUT2D eigenvalue weighted by Gasteiger charge is -2.05. The molecule has 3 aromatic rings. The van der Waals surface area contributed by atoms with Crippen LogP contribution < -0.4 is 11.1 Å². The molecule has 1 amide bonds. The van der Waals surface area contributed by atoms with Crippen molar-refractivity contribution in [3.63, 3.8) is 0 Å². The molecular formula is C15H11ClN2O2. The number of carbonyl (C=O) groups is 1. The first-order valence-corrected chi connectivity index (χ1v) is 6.36. The van der Waals surface area contributed by atoms with E-state index in [4.69, 9.17) is 21.8 Å². The summed E-state index contributed by atoms with van der Waals surface area (Å²) in [4.78, 5) is 12.1. The minimum Gasteiger partial charge on any atom is -0.451 e. The molecule has 1 heterocycles. The van der Waals surface area contributed by atoms with Gasteiger partial charge in [-0.3, -0.25) is 4.79 Å². The molecule has 0 atom stereocenters. The third-order valence-electron chi connectivity index (χ3n) is 2.90. The minimum atomic E-state index is -0.331. The van der Waals surface area contributed by atoms with Crippen molar-refractivity contribution in [2.45, 2.75) is 0 Å². The number of para-hydroxylation sites is 1. The third-order valence-corrected chi connectivity index (χ3v) is 3.25. The van der Waals surface area contributed by atoms with Crippen molar-refractivity contribution in [2.75, 3.05) is 11.1 Å². The van der Waals surface area contributed by atoms with Gasteiger partial charge >= 0.3 is 0 Å². The summed E-state index contributed by atoms with van der Waals surface area (Å²) < 4.78 is 5.49. The average molecular weight is 287 g/mol. The Morgan fingerprint density at radius 2 is 1.95 bits per heavy atom. The van der Waals surface area contributed by atoms with Crippen molar-refractivity contribution < 1.29 is 9.21 Å². The molecule has 3 rings (SSSR count). The van der Waals surface area contributed by atoms with Gasteiger partial charge in [-0.15, -0.1) is 0 Å². The van der Waals surface area contributed by atoms with Gasteiger partial charge in [-0.25, -0.2) is 0 Å². The lowest BCUT2D eigenvalue weighted by Crippen LogP contribution is -2.10. The second-order valence-corrected chi connectivity index (χ2v) is 4.75. The van der Waals surface area contributed by atoms with E-state index in [1.165, 1.54) is 0 Å². The highest BCUT2D eigenvalue weighted by Gasteiger charge is 2.12. The molecule has 0 unspecified atom stereocenters. The van der Waals surface area contributed by atoms with E-state index in [1.54, 1.807) is 24.3 Å². The fourth-order valence-corrected chi connectivity index (χ4v) is 2.03. The van der Waals surface area contributed by atoms with Crippen LogP contribution in [0.1, 0.15) is 10.6 Å². The maximum Gasteiger partial charge on any atom is 0.291 e. The summed E-state index contributed by atoms with van der Waals surface area (Å²) in [5, 5.41) is 4.05. The Hall–Kier alpha value is -2.46. The molecule has 2 aromatic carbocycles. The van der Waals surface area contributed by atoms with Crippen LogP contribution in [-0.2, 0) is 0 Å². The number of nitrogens with one attached hydrogen (secondary N) is 1. The van der Waals surface area contributed by atoms with Crippen LogP contribution in [0.15, 0.2) is 52.9 Å². The minimum absolute atomic E-state index is 0.250. The third kappa shape index (κ3) is 2.33. The van der Waals surface area contributed by atoms with Gasteiger partial charge in [0.25, 0.3) is 5.91 Å². The Morgan fingerprint density at radius 1 is 1.15 bits per heavy atom. The molecule has 0 aliphatic carbocycles. The fourth-order valence-electron chi connectivity index (χ4n) is 1.91. The number of hydrogen-bond donors (Lipinski definition) is 2. The molecule has 20 heavy (non-hydrogen) atoms. The highest BCUT2D eigenvalue weighted by molar-refractivity contribution is 6.33. The summed E-state index contributed by atoms with van der Waals surface area (Å²) in [6.45, 7) is 0. The predicted molar refractivity (Wildman–Crippen MR) is 80.0 cm³/mol. The molecule has 5 heteroatoms. The number of carbonyl (C=O) groups excluding carboxylic acids is 1. The summed E-state index contributed by atoms with van der Waals surface area (Å²) in [6, 6.07) is 14.0. The van der Waals surface area contributed by atoms with Gasteiger partial charge in [0.15, 0.2) is 5.76 Å². The van der Waals surface area contributed by atoms with E-state index < -0.39 is 0 Å². The molecule has 1 aromatic heterocycles. The molecule has 0 saturated heterocycles. The highest BCUT2D eigenvalue weighted by atomic mass is 35.5. The second kappa shape index (κ2) is 4.90. The van der Waals surface area contributed by atoms with E-state index >= 15 is 0 Å². The van der Waals surface area contributed by atoms with Crippen LogP contribution in [0.25, 0.3) is 11.0 Å². The van der Waals surface area contributed by atoms with Crippen molar-refractivity contribution >= 4 is 39.9 Å². The number of benzene rings is 2. The molecule has 3 N–H and O–H groups in total. The van der Waals surface area contributed by atoms with Crippen LogP contribution >= 0.6 is 11.6 Å². The molecule has 0 spiro atoms.